The monoisotopic (exact) mass is 301 g/mol. The van der Waals surface area contributed by atoms with Gasteiger partial charge in [-0.05, 0) is 29.9 Å². The number of aryl methyl sites for hydroxylation is 1. The smallest absolute Gasteiger partial charge is 0.257 e. The highest BCUT2D eigenvalue weighted by molar-refractivity contribution is 6.03. The Kier molecular flexibility index (Phi) is 3.59. The Hall–Kier alpha value is -2.04. The summed E-state index contributed by atoms with van der Waals surface area (Å²) in [4.78, 5) is 26.7. The van der Waals surface area contributed by atoms with Gasteiger partial charge in [0.2, 0.25) is 5.91 Å². The van der Waals surface area contributed by atoms with Gasteiger partial charge in [-0.3, -0.25) is 9.59 Å². The molecule has 0 bridgehead atoms. The van der Waals surface area contributed by atoms with Crippen LogP contribution in [0.4, 0.5) is 5.69 Å². The van der Waals surface area contributed by atoms with E-state index in [1.54, 1.807) is 4.90 Å². The third kappa shape index (κ3) is 2.07. The topological polar surface area (TPSA) is 75.4 Å². The second-order valence-corrected chi connectivity index (χ2v) is 6.50. The molecule has 2 heterocycles. The van der Waals surface area contributed by atoms with E-state index >= 15 is 0 Å². The summed E-state index contributed by atoms with van der Waals surface area (Å²) in [6.07, 6.45) is 0.469. The molecule has 22 heavy (non-hydrogen) atoms. The zero-order chi connectivity index (χ0) is 16.0. The van der Waals surface area contributed by atoms with Crippen molar-refractivity contribution in [2.24, 2.45) is 23.5 Å². The number of benzene rings is 1. The molecule has 4 unspecified atom stereocenters. The highest BCUT2D eigenvalue weighted by Gasteiger charge is 2.47. The van der Waals surface area contributed by atoms with Gasteiger partial charge in [0.15, 0.2) is 0 Å². The van der Waals surface area contributed by atoms with Crippen molar-refractivity contribution in [1.82, 2.24) is 4.90 Å². The Morgan fingerprint density at radius 2 is 2.14 bits per heavy atom. The van der Waals surface area contributed by atoms with E-state index in [4.69, 9.17) is 5.73 Å². The molecule has 3 N–H and O–H groups in total. The van der Waals surface area contributed by atoms with Gasteiger partial charge in [-0.25, -0.2) is 0 Å². The molecule has 0 aromatic heterocycles. The van der Waals surface area contributed by atoms with E-state index in [1.165, 1.54) is 0 Å². The second-order valence-electron chi connectivity index (χ2n) is 6.50. The lowest BCUT2D eigenvalue weighted by molar-refractivity contribution is -0.128. The molecule has 0 saturated carbocycles. The van der Waals surface area contributed by atoms with Gasteiger partial charge in [0.1, 0.15) is 6.17 Å². The molecule has 1 aromatic carbocycles. The summed E-state index contributed by atoms with van der Waals surface area (Å²) in [5.41, 5.74) is 8.23. The molecule has 1 fully saturated rings. The number of carbonyl (C=O) groups excluding carboxylic acids is 2. The summed E-state index contributed by atoms with van der Waals surface area (Å²) in [5.74, 6) is -0.304. The molecule has 2 aliphatic rings. The molecule has 5 heteroatoms. The normalized spacial score (nSPS) is 30.3. The van der Waals surface area contributed by atoms with Gasteiger partial charge in [0, 0.05) is 12.2 Å². The van der Waals surface area contributed by atoms with Crippen LogP contribution in [0.3, 0.4) is 0 Å². The van der Waals surface area contributed by atoms with Crippen molar-refractivity contribution >= 4 is 17.5 Å². The lowest BCUT2D eigenvalue weighted by Crippen LogP contribution is -2.62. The van der Waals surface area contributed by atoms with E-state index in [0.717, 1.165) is 23.2 Å². The van der Waals surface area contributed by atoms with Gasteiger partial charge in [-0.2, -0.15) is 0 Å². The minimum Gasteiger partial charge on any atom is -0.369 e. The number of nitrogens with zero attached hydrogens (tertiary/aromatic N) is 1. The van der Waals surface area contributed by atoms with Gasteiger partial charge >= 0.3 is 0 Å². The molecule has 0 spiro atoms. The minimum atomic E-state index is -0.369. The van der Waals surface area contributed by atoms with Gasteiger partial charge in [0.05, 0.1) is 11.5 Å². The molecule has 4 atom stereocenters. The van der Waals surface area contributed by atoms with Crippen molar-refractivity contribution in [3.05, 3.63) is 29.3 Å². The first-order valence-electron chi connectivity index (χ1n) is 7.94. The van der Waals surface area contributed by atoms with Crippen LogP contribution in [0, 0.1) is 17.8 Å². The van der Waals surface area contributed by atoms with Gasteiger partial charge in [-0.15, -0.1) is 0 Å². The Morgan fingerprint density at radius 1 is 1.41 bits per heavy atom. The molecule has 1 aromatic rings. The molecule has 2 aliphatic heterocycles. The van der Waals surface area contributed by atoms with E-state index in [1.807, 2.05) is 32.0 Å². The van der Waals surface area contributed by atoms with E-state index in [-0.39, 0.29) is 35.7 Å². The molecule has 3 rings (SSSR count). The van der Waals surface area contributed by atoms with Crippen molar-refractivity contribution < 1.29 is 9.59 Å². The molecular weight excluding hydrogens is 278 g/mol. The molecule has 5 nitrogen and oxygen atoms in total. The van der Waals surface area contributed by atoms with Crippen LogP contribution in [0.15, 0.2) is 18.2 Å². The number of primary amides is 1. The van der Waals surface area contributed by atoms with Crippen molar-refractivity contribution in [3.63, 3.8) is 0 Å². The number of rotatable bonds is 2. The van der Waals surface area contributed by atoms with Crippen LogP contribution in [0.1, 0.15) is 36.7 Å². The number of carbonyl (C=O) groups is 2. The van der Waals surface area contributed by atoms with Crippen LogP contribution in [-0.4, -0.2) is 29.4 Å². The van der Waals surface area contributed by atoms with Gasteiger partial charge in [-0.1, -0.05) is 32.9 Å². The third-order valence-corrected chi connectivity index (χ3v) is 5.26. The number of piperidine rings is 1. The lowest BCUT2D eigenvalue weighted by atomic mass is 9.76. The number of amides is 2. The Balaban J connectivity index is 2.08. The summed E-state index contributed by atoms with van der Waals surface area (Å²) in [6, 6.07) is 5.84. The minimum absolute atomic E-state index is 0.0150. The molecule has 118 valence electrons. The number of anilines is 1. The summed E-state index contributed by atoms with van der Waals surface area (Å²) < 4.78 is 0. The number of hydrogen-bond donors (Lipinski definition) is 2. The number of hydrogen-bond acceptors (Lipinski definition) is 3. The van der Waals surface area contributed by atoms with Crippen LogP contribution >= 0.6 is 0 Å². The van der Waals surface area contributed by atoms with Crippen LogP contribution in [0.2, 0.25) is 0 Å². The van der Waals surface area contributed by atoms with Crippen molar-refractivity contribution in [1.29, 1.82) is 0 Å². The summed E-state index contributed by atoms with van der Waals surface area (Å²) in [7, 11) is 0. The fraction of sp³-hybridized carbons (Fsp3) is 0.529. The molecule has 1 saturated heterocycles. The highest BCUT2D eigenvalue weighted by atomic mass is 16.2. The number of nitrogens with two attached hydrogens (primary N) is 1. The zero-order valence-corrected chi connectivity index (χ0v) is 13.3. The zero-order valence-electron chi connectivity index (χ0n) is 13.3. The first kappa shape index (κ1) is 14.9. The SMILES string of the molecule is CCc1cccc2c1C(=O)N1CC(C)C(C)C(C(N)=O)C1N2. The maximum atomic E-state index is 13.0. The summed E-state index contributed by atoms with van der Waals surface area (Å²) >= 11 is 0. The fourth-order valence-corrected chi connectivity index (χ4v) is 3.79. The number of nitrogens with one attached hydrogen (secondary N) is 1. The molecular formula is C17H23N3O2. The Bertz CT molecular complexity index is 628. The fourth-order valence-electron chi connectivity index (χ4n) is 3.79. The number of fused-ring (bicyclic) bond motifs is 2. The summed E-state index contributed by atoms with van der Waals surface area (Å²) in [5, 5.41) is 3.39. The van der Waals surface area contributed by atoms with Gasteiger partial charge in [0.25, 0.3) is 5.91 Å². The average Bonchev–Trinajstić information content (AvgIpc) is 2.48. The lowest BCUT2D eigenvalue weighted by Gasteiger charge is -2.49. The maximum Gasteiger partial charge on any atom is 0.257 e. The maximum absolute atomic E-state index is 13.0. The van der Waals surface area contributed by atoms with Crippen molar-refractivity contribution in [2.45, 2.75) is 33.4 Å². The molecule has 0 aliphatic carbocycles. The van der Waals surface area contributed by atoms with Crippen molar-refractivity contribution in [3.8, 4) is 0 Å². The van der Waals surface area contributed by atoms with E-state index in [9.17, 15) is 9.59 Å². The quantitative estimate of drug-likeness (QED) is 0.875. The highest BCUT2D eigenvalue weighted by Crippen LogP contribution is 2.39. The third-order valence-electron chi connectivity index (χ3n) is 5.26. The molecule has 0 radical (unpaired) electrons. The van der Waals surface area contributed by atoms with E-state index in [2.05, 4.69) is 12.2 Å². The van der Waals surface area contributed by atoms with E-state index < -0.39 is 0 Å². The van der Waals surface area contributed by atoms with Crippen LogP contribution in [-0.2, 0) is 11.2 Å². The van der Waals surface area contributed by atoms with Crippen molar-refractivity contribution in [2.75, 3.05) is 11.9 Å². The Labute approximate surface area is 130 Å². The summed E-state index contributed by atoms with van der Waals surface area (Å²) in [6.45, 7) is 6.81. The standard InChI is InChI=1S/C17H23N3O2/c1-4-11-6-5-7-12-14(11)17(22)20-8-9(2)10(3)13(15(18)21)16(20)19-12/h5-7,9-10,13,16,19H,4,8H2,1-3H3,(H2,18,21). The van der Waals surface area contributed by atoms with Crippen LogP contribution < -0.4 is 11.1 Å². The second kappa shape index (κ2) is 5.30. The Morgan fingerprint density at radius 3 is 2.77 bits per heavy atom. The predicted molar refractivity (Wildman–Crippen MR) is 85.3 cm³/mol. The van der Waals surface area contributed by atoms with Crippen LogP contribution in [0.5, 0.6) is 0 Å². The predicted octanol–water partition coefficient (Wildman–Crippen LogP) is 1.83. The first-order valence-corrected chi connectivity index (χ1v) is 7.94. The van der Waals surface area contributed by atoms with Gasteiger partial charge < -0.3 is 16.0 Å². The first-order chi connectivity index (χ1) is 10.5. The van der Waals surface area contributed by atoms with Crippen LogP contribution in [0.25, 0.3) is 0 Å². The molecule has 2 amide bonds. The largest absolute Gasteiger partial charge is 0.369 e. The average molecular weight is 301 g/mol. The van der Waals surface area contributed by atoms with E-state index in [0.29, 0.717) is 6.54 Å².